The van der Waals surface area contributed by atoms with Crippen LogP contribution in [0.5, 0.6) is 0 Å². The lowest BCUT2D eigenvalue weighted by molar-refractivity contribution is -0.119. The van der Waals surface area contributed by atoms with Crippen molar-refractivity contribution in [2.24, 2.45) is 0 Å². The Morgan fingerprint density at radius 2 is 2.23 bits per heavy atom. The number of anilines is 1. The summed E-state index contributed by atoms with van der Waals surface area (Å²) < 4.78 is 5.36. The highest BCUT2D eigenvalue weighted by molar-refractivity contribution is 7.99. The molecule has 22 heavy (non-hydrogen) atoms. The summed E-state index contributed by atoms with van der Waals surface area (Å²) in [5, 5.41) is 3.33. The number of amides is 2. The second kappa shape index (κ2) is 6.13. The second-order valence-electron chi connectivity index (χ2n) is 4.97. The quantitative estimate of drug-likeness (QED) is 0.931. The summed E-state index contributed by atoms with van der Waals surface area (Å²) in [6.07, 6.45) is 1.71. The molecule has 0 radical (unpaired) electrons. The number of carbonyl (C=O) groups excluding carboxylic acids is 2. The molecule has 3 heterocycles. The van der Waals surface area contributed by atoms with Crippen molar-refractivity contribution in [2.75, 3.05) is 16.9 Å². The lowest BCUT2D eigenvalue weighted by atomic mass is 10.2. The molecule has 2 aromatic heterocycles. The van der Waals surface area contributed by atoms with Crippen molar-refractivity contribution in [1.82, 2.24) is 9.88 Å². The van der Waals surface area contributed by atoms with Gasteiger partial charge in [0.1, 0.15) is 11.8 Å². The fraction of sp³-hybridized carbons (Fsp3) is 0.357. The number of hydrogen-bond donors (Lipinski definition) is 1. The van der Waals surface area contributed by atoms with Crippen molar-refractivity contribution >= 4 is 40.0 Å². The summed E-state index contributed by atoms with van der Waals surface area (Å²) in [6, 6.07) is 2.87. The summed E-state index contributed by atoms with van der Waals surface area (Å²) in [5.74, 6) is 1.52. The maximum Gasteiger partial charge on any atom is 0.290 e. The van der Waals surface area contributed by atoms with Gasteiger partial charge < -0.3 is 14.6 Å². The first-order valence-electron chi connectivity index (χ1n) is 6.73. The Balaban J connectivity index is 1.72. The minimum Gasteiger partial charge on any atom is -0.456 e. The highest BCUT2D eigenvalue weighted by Crippen LogP contribution is 2.25. The minimum absolute atomic E-state index is 0.212. The Bertz CT molecular complexity index is 710. The van der Waals surface area contributed by atoms with Crippen molar-refractivity contribution in [1.29, 1.82) is 0 Å². The summed E-state index contributed by atoms with van der Waals surface area (Å²) >= 11 is 2.96. The fourth-order valence-corrected chi connectivity index (χ4v) is 3.97. The van der Waals surface area contributed by atoms with E-state index < -0.39 is 6.04 Å². The van der Waals surface area contributed by atoms with Crippen LogP contribution in [0.25, 0.3) is 0 Å². The first-order chi connectivity index (χ1) is 10.5. The molecule has 0 bridgehead atoms. The number of aromatic nitrogens is 1. The topological polar surface area (TPSA) is 75.4 Å². The average Bonchev–Trinajstić information content (AvgIpc) is 3.19. The molecule has 116 valence electrons. The molecule has 1 N–H and O–H groups in total. The molecule has 0 saturated carbocycles. The number of hydrogen-bond acceptors (Lipinski definition) is 6. The Labute approximate surface area is 135 Å². The van der Waals surface area contributed by atoms with E-state index in [-0.39, 0.29) is 17.6 Å². The number of nitrogens with zero attached hydrogens (tertiary/aromatic N) is 2. The first-order valence-corrected chi connectivity index (χ1v) is 8.70. The maximum absolute atomic E-state index is 12.5. The van der Waals surface area contributed by atoms with Crippen LogP contribution in [0, 0.1) is 13.8 Å². The summed E-state index contributed by atoms with van der Waals surface area (Å²) in [7, 11) is 0. The van der Waals surface area contributed by atoms with Gasteiger partial charge in [-0.1, -0.05) is 0 Å². The van der Waals surface area contributed by atoms with Gasteiger partial charge in [-0.25, -0.2) is 4.98 Å². The van der Waals surface area contributed by atoms with E-state index in [1.165, 1.54) is 11.3 Å². The van der Waals surface area contributed by atoms with Gasteiger partial charge >= 0.3 is 0 Å². The van der Waals surface area contributed by atoms with Gasteiger partial charge in [-0.15, -0.1) is 23.1 Å². The van der Waals surface area contributed by atoms with Gasteiger partial charge in [0.2, 0.25) is 5.91 Å². The zero-order chi connectivity index (χ0) is 15.7. The average molecular weight is 337 g/mol. The predicted molar refractivity (Wildman–Crippen MR) is 86.2 cm³/mol. The van der Waals surface area contributed by atoms with Crippen molar-refractivity contribution in [2.45, 2.75) is 19.9 Å². The molecule has 3 rings (SSSR count). The third kappa shape index (κ3) is 3.02. The van der Waals surface area contributed by atoms with Crippen LogP contribution in [-0.4, -0.2) is 39.4 Å². The lowest BCUT2D eigenvalue weighted by Crippen LogP contribution is -2.44. The normalized spacial score (nSPS) is 17.7. The lowest BCUT2D eigenvalue weighted by Gasteiger charge is -2.21. The highest BCUT2D eigenvalue weighted by atomic mass is 32.2. The second-order valence-corrected chi connectivity index (χ2v) is 7.20. The van der Waals surface area contributed by atoms with E-state index in [0.717, 1.165) is 4.88 Å². The van der Waals surface area contributed by atoms with Gasteiger partial charge in [-0.2, -0.15) is 0 Å². The van der Waals surface area contributed by atoms with Gasteiger partial charge in [-0.05, 0) is 26.0 Å². The third-order valence-corrected chi connectivity index (χ3v) is 5.09. The number of rotatable bonds is 3. The summed E-state index contributed by atoms with van der Waals surface area (Å²) in [4.78, 5) is 31.5. The van der Waals surface area contributed by atoms with E-state index in [4.69, 9.17) is 4.42 Å². The van der Waals surface area contributed by atoms with E-state index in [1.807, 2.05) is 6.92 Å². The molecular weight excluding hydrogens is 322 g/mol. The molecule has 0 aliphatic carbocycles. The van der Waals surface area contributed by atoms with Crippen LogP contribution in [0.3, 0.4) is 0 Å². The molecule has 8 heteroatoms. The van der Waals surface area contributed by atoms with E-state index >= 15 is 0 Å². The molecule has 1 saturated heterocycles. The number of aryl methyl sites for hydroxylation is 2. The largest absolute Gasteiger partial charge is 0.456 e. The standard InChI is InChI=1S/C14H15N3O3S2/c1-8-3-4-11(20-8)13(19)17-7-21-6-10(17)12(18)16-14-15-5-9(2)22-14/h3-5,10H,6-7H2,1-2H3,(H,15,16,18)/t10-/m1/s1. The zero-order valence-corrected chi connectivity index (χ0v) is 13.8. The Hall–Kier alpha value is -1.80. The molecule has 2 amide bonds. The first kappa shape index (κ1) is 15.1. The Kier molecular flexibility index (Phi) is 4.21. The van der Waals surface area contributed by atoms with Crippen LogP contribution < -0.4 is 5.32 Å². The molecule has 0 spiro atoms. The summed E-state index contributed by atoms with van der Waals surface area (Å²) in [6.45, 7) is 3.71. The van der Waals surface area contributed by atoms with Crippen LogP contribution >= 0.6 is 23.1 Å². The molecule has 0 aromatic carbocycles. The number of carbonyl (C=O) groups is 2. The molecule has 1 aliphatic rings. The van der Waals surface area contributed by atoms with Crippen molar-refractivity contribution < 1.29 is 14.0 Å². The van der Waals surface area contributed by atoms with E-state index in [1.54, 1.807) is 41.9 Å². The van der Waals surface area contributed by atoms with E-state index in [9.17, 15) is 9.59 Å². The Morgan fingerprint density at radius 3 is 2.86 bits per heavy atom. The number of furan rings is 1. The number of thioether (sulfide) groups is 1. The number of nitrogens with one attached hydrogen (secondary N) is 1. The molecule has 6 nitrogen and oxygen atoms in total. The van der Waals surface area contributed by atoms with Crippen LogP contribution in [-0.2, 0) is 4.79 Å². The smallest absolute Gasteiger partial charge is 0.290 e. The minimum atomic E-state index is -0.507. The molecule has 1 fully saturated rings. The van der Waals surface area contributed by atoms with Gasteiger partial charge in [-0.3, -0.25) is 9.59 Å². The maximum atomic E-state index is 12.5. The van der Waals surface area contributed by atoms with Crippen molar-refractivity contribution in [3.05, 3.63) is 34.7 Å². The van der Waals surface area contributed by atoms with Crippen LogP contribution in [0.15, 0.2) is 22.7 Å². The molecule has 1 aliphatic heterocycles. The third-order valence-electron chi connectivity index (χ3n) is 3.25. The van der Waals surface area contributed by atoms with Gasteiger partial charge in [0.25, 0.3) is 5.91 Å². The van der Waals surface area contributed by atoms with Crippen LogP contribution in [0.1, 0.15) is 21.2 Å². The van der Waals surface area contributed by atoms with E-state index in [0.29, 0.717) is 22.5 Å². The van der Waals surface area contributed by atoms with Gasteiger partial charge in [0, 0.05) is 16.8 Å². The molecule has 2 aromatic rings. The van der Waals surface area contributed by atoms with Crippen LogP contribution in [0.2, 0.25) is 0 Å². The fourth-order valence-electron chi connectivity index (χ4n) is 2.15. The summed E-state index contributed by atoms with van der Waals surface area (Å²) in [5.41, 5.74) is 0. The SMILES string of the molecule is Cc1ccc(C(=O)N2CSC[C@@H]2C(=O)Nc2ncc(C)s2)o1. The molecule has 0 unspecified atom stereocenters. The molecule has 1 atom stereocenters. The Morgan fingerprint density at radius 1 is 1.41 bits per heavy atom. The zero-order valence-electron chi connectivity index (χ0n) is 12.2. The van der Waals surface area contributed by atoms with Gasteiger partial charge in [0.15, 0.2) is 10.9 Å². The number of thiazole rings is 1. The predicted octanol–water partition coefficient (Wildman–Crippen LogP) is 2.51. The van der Waals surface area contributed by atoms with E-state index in [2.05, 4.69) is 10.3 Å². The van der Waals surface area contributed by atoms with Crippen molar-refractivity contribution in [3.8, 4) is 0 Å². The van der Waals surface area contributed by atoms with Crippen LogP contribution in [0.4, 0.5) is 5.13 Å². The van der Waals surface area contributed by atoms with Gasteiger partial charge in [0.05, 0.1) is 5.88 Å². The highest BCUT2D eigenvalue weighted by Gasteiger charge is 2.36. The van der Waals surface area contributed by atoms with Crippen molar-refractivity contribution in [3.63, 3.8) is 0 Å². The monoisotopic (exact) mass is 337 g/mol. The molecular formula is C14H15N3O3S2.